The lowest BCUT2D eigenvalue weighted by molar-refractivity contribution is -0.130. The SMILES string of the molecule is CC(C)(NC(=O)[C@H]1CN(C2CCCCC2)CC[C@@H]1NC(=O)c1cc(-c2ccc(F)cc2F)on1)c1ccccn1. The molecule has 1 aliphatic heterocycles. The molecule has 0 unspecified atom stereocenters. The number of carbonyl (C=O) groups is 2. The van der Waals surface area contributed by atoms with E-state index in [-0.39, 0.29) is 22.9 Å². The van der Waals surface area contributed by atoms with E-state index in [1.165, 1.54) is 31.4 Å². The molecule has 2 N–H and O–H groups in total. The number of aromatic nitrogens is 2. The Hall–Kier alpha value is -3.66. The van der Waals surface area contributed by atoms with E-state index in [4.69, 9.17) is 4.52 Å². The topological polar surface area (TPSA) is 100 Å². The van der Waals surface area contributed by atoms with Crippen LogP contribution in [0, 0.1) is 17.6 Å². The molecule has 212 valence electrons. The van der Waals surface area contributed by atoms with E-state index in [9.17, 15) is 18.4 Å². The van der Waals surface area contributed by atoms with Gasteiger partial charge in [-0.05, 0) is 57.4 Å². The third-order valence-corrected chi connectivity index (χ3v) is 8.07. The number of likely N-dealkylation sites (tertiary alicyclic amines) is 1. The molecule has 40 heavy (non-hydrogen) atoms. The highest BCUT2D eigenvalue weighted by Crippen LogP contribution is 2.29. The van der Waals surface area contributed by atoms with E-state index in [0.717, 1.165) is 37.2 Å². The van der Waals surface area contributed by atoms with E-state index in [1.807, 2.05) is 32.0 Å². The number of halogens is 2. The first-order valence-corrected chi connectivity index (χ1v) is 13.9. The average molecular weight is 552 g/mol. The van der Waals surface area contributed by atoms with Crippen LogP contribution in [0.25, 0.3) is 11.3 Å². The summed E-state index contributed by atoms with van der Waals surface area (Å²) in [5.41, 5.74) is -0.00327. The second-order valence-electron chi connectivity index (χ2n) is 11.3. The minimum absolute atomic E-state index is 0.00254. The van der Waals surface area contributed by atoms with Crippen molar-refractivity contribution in [2.24, 2.45) is 5.92 Å². The molecule has 1 aromatic carbocycles. The van der Waals surface area contributed by atoms with Gasteiger partial charge in [0.2, 0.25) is 5.91 Å². The average Bonchev–Trinajstić information content (AvgIpc) is 3.44. The highest BCUT2D eigenvalue weighted by Gasteiger charge is 2.40. The second-order valence-corrected chi connectivity index (χ2v) is 11.3. The smallest absolute Gasteiger partial charge is 0.273 e. The van der Waals surface area contributed by atoms with E-state index >= 15 is 0 Å². The Kier molecular flexibility index (Phi) is 8.25. The number of hydrogen-bond donors (Lipinski definition) is 2. The lowest BCUT2D eigenvalue weighted by Gasteiger charge is -2.43. The number of piperidine rings is 1. The van der Waals surface area contributed by atoms with Gasteiger partial charge >= 0.3 is 0 Å². The van der Waals surface area contributed by atoms with Crippen molar-refractivity contribution < 1.29 is 22.9 Å². The summed E-state index contributed by atoms with van der Waals surface area (Å²) in [7, 11) is 0. The molecule has 0 spiro atoms. The molecule has 5 rings (SSSR count). The first-order valence-electron chi connectivity index (χ1n) is 13.9. The quantitative estimate of drug-likeness (QED) is 0.437. The summed E-state index contributed by atoms with van der Waals surface area (Å²) in [4.78, 5) is 33.8. The zero-order valence-corrected chi connectivity index (χ0v) is 22.8. The number of benzene rings is 1. The number of amides is 2. The Morgan fingerprint density at radius 2 is 1.85 bits per heavy atom. The number of hydrogen-bond acceptors (Lipinski definition) is 6. The number of pyridine rings is 1. The first-order chi connectivity index (χ1) is 19.2. The minimum atomic E-state index is -0.814. The predicted octanol–water partition coefficient (Wildman–Crippen LogP) is 4.82. The highest BCUT2D eigenvalue weighted by atomic mass is 19.1. The Morgan fingerprint density at radius 1 is 1.05 bits per heavy atom. The van der Waals surface area contributed by atoms with Crippen LogP contribution in [-0.4, -0.2) is 52.0 Å². The van der Waals surface area contributed by atoms with Crippen LogP contribution in [0.2, 0.25) is 0 Å². The zero-order valence-electron chi connectivity index (χ0n) is 22.8. The largest absolute Gasteiger partial charge is 0.355 e. The Morgan fingerprint density at radius 3 is 2.58 bits per heavy atom. The van der Waals surface area contributed by atoms with Crippen LogP contribution in [0.1, 0.15) is 68.6 Å². The van der Waals surface area contributed by atoms with Crippen LogP contribution in [0.15, 0.2) is 53.2 Å². The number of nitrogens with one attached hydrogen (secondary N) is 2. The van der Waals surface area contributed by atoms with Gasteiger partial charge in [-0.25, -0.2) is 8.78 Å². The molecule has 2 aliphatic rings. The molecular weight excluding hydrogens is 516 g/mol. The lowest BCUT2D eigenvalue weighted by Crippen LogP contribution is -2.59. The van der Waals surface area contributed by atoms with Crippen LogP contribution in [0.5, 0.6) is 0 Å². The summed E-state index contributed by atoms with van der Waals surface area (Å²) in [6.07, 6.45) is 8.15. The molecule has 3 heterocycles. The van der Waals surface area contributed by atoms with Crippen molar-refractivity contribution in [3.8, 4) is 11.3 Å². The molecule has 10 heteroatoms. The van der Waals surface area contributed by atoms with Gasteiger partial charge < -0.3 is 15.2 Å². The van der Waals surface area contributed by atoms with Gasteiger partial charge in [0.05, 0.1) is 22.7 Å². The second kappa shape index (κ2) is 11.8. The standard InChI is InChI=1S/C30H35F2N5O3/c1-30(2,27-10-6-7-14-33-27)35-28(38)22-18-37(20-8-4-3-5-9-20)15-13-24(22)34-29(39)25-17-26(40-36-25)21-12-11-19(31)16-23(21)32/h6-7,10-12,14,16-17,20,22,24H,3-5,8-9,13,15,18H2,1-2H3,(H,34,39)(H,35,38)/t22-,24-/m0/s1. The van der Waals surface area contributed by atoms with Crippen molar-refractivity contribution in [1.29, 1.82) is 0 Å². The van der Waals surface area contributed by atoms with E-state index in [0.29, 0.717) is 19.0 Å². The summed E-state index contributed by atoms with van der Waals surface area (Å²) in [6.45, 7) is 5.13. The maximum Gasteiger partial charge on any atom is 0.273 e. The molecule has 8 nitrogen and oxygen atoms in total. The van der Waals surface area contributed by atoms with Gasteiger partial charge in [0.25, 0.3) is 5.91 Å². The number of nitrogens with zero attached hydrogens (tertiary/aromatic N) is 3. The molecule has 0 bridgehead atoms. The molecule has 2 atom stereocenters. The van der Waals surface area contributed by atoms with Gasteiger partial charge in [-0.1, -0.05) is 30.5 Å². The monoisotopic (exact) mass is 551 g/mol. The maximum absolute atomic E-state index is 14.2. The Bertz CT molecular complexity index is 1340. The third-order valence-electron chi connectivity index (χ3n) is 8.07. The molecule has 2 aromatic heterocycles. The van der Waals surface area contributed by atoms with Gasteiger partial charge in [-0.2, -0.15) is 0 Å². The van der Waals surface area contributed by atoms with Crippen molar-refractivity contribution >= 4 is 11.8 Å². The molecule has 0 radical (unpaired) electrons. The van der Waals surface area contributed by atoms with Crippen LogP contribution in [-0.2, 0) is 10.3 Å². The fraction of sp³-hybridized carbons (Fsp3) is 0.467. The molecule has 3 aromatic rings. The molecule has 2 fully saturated rings. The summed E-state index contributed by atoms with van der Waals surface area (Å²) in [5, 5.41) is 9.96. The van der Waals surface area contributed by atoms with Gasteiger partial charge in [0, 0.05) is 43.5 Å². The summed E-state index contributed by atoms with van der Waals surface area (Å²) in [6, 6.07) is 10.00. The van der Waals surface area contributed by atoms with Crippen molar-refractivity contribution in [1.82, 2.24) is 25.7 Å². The van der Waals surface area contributed by atoms with E-state index in [2.05, 4.69) is 25.7 Å². The predicted molar refractivity (Wildman–Crippen MR) is 145 cm³/mol. The number of carbonyl (C=O) groups excluding carboxylic acids is 2. The fourth-order valence-electron chi connectivity index (χ4n) is 5.83. The van der Waals surface area contributed by atoms with Crippen LogP contribution in [0.3, 0.4) is 0 Å². The fourth-order valence-corrected chi connectivity index (χ4v) is 5.83. The van der Waals surface area contributed by atoms with Gasteiger partial charge in [0.15, 0.2) is 11.5 Å². The normalized spacial score (nSPS) is 20.7. The molecule has 1 saturated heterocycles. The summed E-state index contributed by atoms with van der Waals surface area (Å²) >= 11 is 0. The maximum atomic E-state index is 14.2. The van der Waals surface area contributed by atoms with Crippen LogP contribution in [0.4, 0.5) is 8.78 Å². The van der Waals surface area contributed by atoms with E-state index < -0.39 is 35.0 Å². The zero-order chi connectivity index (χ0) is 28.3. The Balaban J connectivity index is 1.33. The summed E-state index contributed by atoms with van der Waals surface area (Å²) in [5.74, 6) is -2.69. The highest BCUT2D eigenvalue weighted by molar-refractivity contribution is 5.94. The van der Waals surface area contributed by atoms with Gasteiger partial charge in [0.1, 0.15) is 11.6 Å². The van der Waals surface area contributed by atoms with Crippen molar-refractivity contribution in [2.75, 3.05) is 13.1 Å². The van der Waals surface area contributed by atoms with Crippen molar-refractivity contribution in [3.63, 3.8) is 0 Å². The Labute approximate surface area is 232 Å². The third kappa shape index (κ3) is 6.22. The molecule has 1 aliphatic carbocycles. The molecule has 2 amide bonds. The molecule has 1 saturated carbocycles. The first kappa shape index (κ1) is 27.9. The summed E-state index contributed by atoms with van der Waals surface area (Å²) < 4.78 is 32.7. The van der Waals surface area contributed by atoms with Gasteiger partial charge in [-0.15, -0.1) is 0 Å². The van der Waals surface area contributed by atoms with Gasteiger partial charge in [-0.3, -0.25) is 19.5 Å². The minimum Gasteiger partial charge on any atom is -0.355 e. The van der Waals surface area contributed by atoms with Crippen LogP contribution < -0.4 is 10.6 Å². The van der Waals surface area contributed by atoms with Crippen molar-refractivity contribution in [2.45, 2.75) is 70.0 Å². The molecular formula is C30H35F2N5O3. The number of rotatable bonds is 7. The van der Waals surface area contributed by atoms with Crippen molar-refractivity contribution in [3.05, 3.63) is 71.7 Å². The lowest BCUT2D eigenvalue weighted by atomic mass is 9.86. The van der Waals surface area contributed by atoms with Crippen LogP contribution >= 0.6 is 0 Å². The van der Waals surface area contributed by atoms with E-state index in [1.54, 1.807) is 6.20 Å².